The number of nitrogens with zero attached hydrogens (tertiary/aromatic N) is 3. The van der Waals surface area contributed by atoms with Gasteiger partial charge in [-0.05, 0) is 20.8 Å². The van der Waals surface area contributed by atoms with Crippen molar-refractivity contribution in [3.8, 4) is 0 Å². The molecule has 0 bridgehead atoms. The van der Waals surface area contributed by atoms with Crippen molar-refractivity contribution in [3.63, 3.8) is 0 Å². The lowest BCUT2D eigenvalue weighted by Crippen LogP contribution is -2.29. The molecule has 2 aromatic rings. The van der Waals surface area contributed by atoms with Gasteiger partial charge in [-0.3, -0.25) is 14.8 Å². The van der Waals surface area contributed by atoms with Crippen LogP contribution in [0, 0.1) is 0 Å². The Kier molecular flexibility index (Phi) is 1.79. The Morgan fingerprint density at radius 2 is 1.87 bits per heavy atom. The van der Waals surface area contributed by atoms with Gasteiger partial charge in [0.2, 0.25) is 0 Å². The fourth-order valence-corrected chi connectivity index (χ4v) is 1.34. The van der Waals surface area contributed by atoms with E-state index in [1.165, 1.54) is 4.68 Å². The minimum absolute atomic E-state index is 0.207. The zero-order chi connectivity index (χ0) is 11.2. The number of aromatic amines is 2. The van der Waals surface area contributed by atoms with Crippen LogP contribution in [-0.2, 0) is 5.54 Å². The van der Waals surface area contributed by atoms with Crippen molar-refractivity contribution in [3.05, 3.63) is 20.8 Å². The van der Waals surface area contributed by atoms with Gasteiger partial charge >= 0.3 is 5.69 Å². The maximum absolute atomic E-state index is 11.6. The molecular formula is C8H11N5O2. The fraction of sp³-hybridized carbons (Fsp3) is 0.500. The van der Waals surface area contributed by atoms with E-state index in [2.05, 4.69) is 20.3 Å². The van der Waals surface area contributed by atoms with Crippen LogP contribution in [0.25, 0.3) is 11.2 Å². The number of aromatic nitrogens is 5. The average Bonchev–Trinajstić information content (AvgIpc) is 2.45. The molecule has 0 aliphatic heterocycles. The molecule has 7 nitrogen and oxygen atoms in total. The van der Waals surface area contributed by atoms with E-state index < -0.39 is 11.2 Å². The SMILES string of the molecule is CC(C)(C)n1nnc2[nH]c(=O)[nH]c(=O)c21. The highest BCUT2D eigenvalue weighted by atomic mass is 16.2. The molecule has 0 spiro atoms. The summed E-state index contributed by atoms with van der Waals surface area (Å²) >= 11 is 0. The van der Waals surface area contributed by atoms with Crippen molar-refractivity contribution < 1.29 is 0 Å². The first-order chi connectivity index (χ1) is 6.89. The average molecular weight is 209 g/mol. The summed E-state index contributed by atoms with van der Waals surface area (Å²) < 4.78 is 1.48. The Hall–Kier alpha value is -1.92. The largest absolute Gasteiger partial charge is 0.327 e. The third-order valence-electron chi connectivity index (χ3n) is 1.98. The van der Waals surface area contributed by atoms with Crippen molar-refractivity contribution >= 4 is 11.2 Å². The molecule has 0 unspecified atom stereocenters. The highest BCUT2D eigenvalue weighted by Gasteiger charge is 2.20. The molecule has 0 aliphatic rings. The van der Waals surface area contributed by atoms with Gasteiger partial charge in [-0.2, -0.15) is 0 Å². The third-order valence-corrected chi connectivity index (χ3v) is 1.98. The summed E-state index contributed by atoms with van der Waals surface area (Å²) in [6.07, 6.45) is 0. The zero-order valence-electron chi connectivity index (χ0n) is 8.66. The Balaban J connectivity index is 2.93. The molecule has 2 rings (SSSR count). The zero-order valence-corrected chi connectivity index (χ0v) is 8.66. The Bertz CT molecular complexity index is 612. The Labute approximate surface area is 84.1 Å². The van der Waals surface area contributed by atoms with E-state index in [4.69, 9.17) is 0 Å². The molecule has 80 valence electrons. The Morgan fingerprint density at radius 1 is 1.20 bits per heavy atom. The molecule has 2 aromatic heterocycles. The topological polar surface area (TPSA) is 96.4 Å². The van der Waals surface area contributed by atoms with E-state index in [9.17, 15) is 9.59 Å². The molecule has 0 saturated carbocycles. The number of rotatable bonds is 0. The van der Waals surface area contributed by atoms with Crippen molar-refractivity contribution in [2.24, 2.45) is 0 Å². The normalized spacial score (nSPS) is 12.2. The van der Waals surface area contributed by atoms with Crippen LogP contribution >= 0.6 is 0 Å². The number of nitrogens with one attached hydrogen (secondary N) is 2. The summed E-state index contributed by atoms with van der Waals surface area (Å²) in [7, 11) is 0. The maximum atomic E-state index is 11.6. The monoisotopic (exact) mass is 209 g/mol. The second kappa shape index (κ2) is 2.78. The van der Waals surface area contributed by atoms with E-state index >= 15 is 0 Å². The number of H-pyrrole nitrogens is 2. The van der Waals surface area contributed by atoms with Gasteiger partial charge in [-0.15, -0.1) is 5.10 Å². The minimum atomic E-state index is -0.576. The highest BCUT2D eigenvalue weighted by Crippen LogP contribution is 2.14. The molecule has 0 aliphatic carbocycles. The molecular weight excluding hydrogens is 198 g/mol. The first-order valence-electron chi connectivity index (χ1n) is 4.48. The second-order valence-corrected chi connectivity index (χ2v) is 4.28. The number of hydrogen-bond acceptors (Lipinski definition) is 4. The summed E-state index contributed by atoms with van der Waals surface area (Å²) in [6.45, 7) is 5.68. The number of fused-ring (bicyclic) bond motifs is 1. The summed E-state index contributed by atoms with van der Waals surface area (Å²) in [6, 6.07) is 0. The van der Waals surface area contributed by atoms with Gasteiger partial charge < -0.3 is 0 Å². The molecule has 0 amide bonds. The van der Waals surface area contributed by atoms with Crippen molar-refractivity contribution in [2.45, 2.75) is 26.3 Å². The summed E-state index contributed by atoms with van der Waals surface area (Å²) in [5.41, 5.74) is -0.928. The lowest BCUT2D eigenvalue weighted by molar-refractivity contribution is 0.358. The molecule has 7 heteroatoms. The van der Waals surface area contributed by atoms with Gasteiger partial charge in [0.05, 0.1) is 5.54 Å². The van der Waals surface area contributed by atoms with Gasteiger partial charge in [-0.25, -0.2) is 9.48 Å². The molecule has 0 atom stereocenters. The predicted octanol–water partition coefficient (Wildman–Crippen LogP) is -0.437. The predicted molar refractivity (Wildman–Crippen MR) is 53.8 cm³/mol. The quantitative estimate of drug-likeness (QED) is 0.614. The van der Waals surface area contributed by atoms with E-state index in [-0.39, 0.29) is 16.7 Å². The van der Waals surface area contributed by atoms with E-state index in [0.717, 1.165) is 0 Å². The molecule has 2 N–H and O–H groups in total. The molecule has 0 fully saturated rings. The maximum Gasteiger partial charge on any atom is 0.327 e. The van der Waals surface area contributed by atoms with Crippen molar-refractivity contribution in [2.75, 3.05) is 0 Å². The molecule has 0 radical (unpaired) electrons. The van der Waals surface area contributed by atoms with Gasteiger partial charge in [0.25, 0.3) is 5.56 Å². The number of hydrogen-bond donors (Lipinski definition) is 2. The van der Waals surface area contributed by atoms with E-state index in [0.29, 0.717) is 0 Å². The second-order valence-electron chi connectivity index (χ2n) is 4.28. The smallest absolute Gasteiger partial charge is 0.288 e. The van der Waals surface area contributed by atoms with Crippen LogP contribution in [-0.4, -0.2) is 25.0 Å². The summed E-state index contributed by atoms with van der Waals surface area (Å²) in [4.78, 5) is 27.1. The van der Waals surface area contributed by atoms with Crippen LogP contribution < -0.4 is 11.2 Å². The lowest BCUT2D eigenvalue weighted by Gasteiger charge is -2.18. The first kappa shape index (κ1) is 9.63. The Morgan fingerprint density at radius 3 is 2.47 bits per heavy atom. The van der Waals surface area contributed by atoms with Crippen LogP contribution in [0.15, 0.2) is 9.59 Å². The van der Waals surface area contributed by atoms with Crippen LogP contribution in [0.3, 0.4) is 0 Å². The fourth-order valence-electron chi connectivity index (χ4n) is 1.34. The van der Waals surface area contributed by atoms with Crippen molar-refractivity contribution in [1.29, 1.82) is 0 Å². The summed E-state index contributed by atoms with van der Waals surface area (Å²) in [5, 5.41) is 7.59. The highest BCUT2D eigenvalue weighted by molar-refractivity contribution is 5.67. The molecule has 0 aromatic carbocycles. The van der Waals surface area contributed by atoms with Crippen molar-refractivity contribution in [1.82, 2.24) is 25.0 Å². The van der Waals surface area contributed by atoms with Gasteiger partial charge in [0.15, 0.2) is 11.2 Å². The third kappa shape index (κ3) is 1.45. The van der Waals surface area contributed by atoms with Gasteiger partial charge in [0.1, 0.15) is 0 Å². The standard InChI is InChI=1S/C8H11N5O2/c1-8(2,3)13-4-5(11-12-13)9-7(15)10-6(4)14/h1-3H3,(H2,9,10,14,15). The molecule has 0 saturated heterocycles. The molecule has 15 heavy (non-hydrogen) atoms. The minimum Gasteiger partial charge on any atom is -0.288 e. The van der Waals surface area contributed by atoms with Crippen LogP contribution in [0.5, 0.6) is 0 Å². The molecule has 2 heterocycles. The van der Waals surface area contributed by atoms with Gasteiger partial charge in [-0.1, -0.05) is 5.21 Å². The van der Waals surface area contributed by atoms with E-state index in [1.54, 1.807) is 0 Å². The van der Waals surface area contributed by atoms with Crippen LogP contribution in [0.4, 0.5) is 0 Å². The van der Waals surface area contributed by atoms with E-state index in [1.807, 2.05) is 20.8 Å². The first-order valence-corrected chi connectivity index (χ1v) is 4.48. The summed E-state index contributed by atoms with van der Waals surface area (Å²) in [5.74, 6) is 0. The lowest BCUT2D eigenvalue weighted by atomic mass is 10.1. The van der Waals surface area contributed by atoms with Gasteiger partial charge in [0, 0.05) is 0 Å². The van der Waals surface area contributed by atoms with Crippen LogP contribution in [0.2, 0.25) is 0 Å². The van der Waals surface area contributed by atoms with Crippen LogP contribution in [0.1, 0.15) is 20.8 Å².